The van der Waals surface area contributed by atoms with Gasteiger partial charge in [-0.2, -0.15) is 0 Å². The van der Waals surface area contributed by atoms with Gasteiger partial charge in [0, 0.05) is 13.1 Å². The molecule has 74 valence electrons. The fourth-order valence-electron chi connectivity index (χ4n) is 1.31. The van der Waals surface area contributed by atoms with E-state index in [2.05, 4.69) is 18.7 Å². The van der Waals surface area contributed by atoms with Crippen LogP contribution in [0.1, 0.15) is 20.8 Å². The first-order chi connectivity index (χ1) is 5.37. The highest BCUT2D eigenvalue weighted by Gasteiger charge is 2.18. The summed E-state index contributed by atoms with van der Waals surface area (Å²) in [5, 5.41) is 9.12. The van der Waals surface area contributed by atoms with Crippen LogP contribution in [-0.4, -0.2) is 42.8 Å². The van der Waals surface area contributed by atoms with Crippen molar-refractivity contribution in [1.29, 1.82) is 0 Å². The first kappa shape index (κ1) is 11.9. The van der Waals surface area contributed by atoms with Crippen molar-refractivity contribution in [2.45, 2.75) is 26.9 Å². The van der Waals surface area contributed by atoms with Gasteiger partial charge in [-0.3, -0.25) is 0 Å². The molecule has 0 rings (SSSR count). The van der Waals surface area contributed by atoms with Crippen molar-refractivity contribution in [3.8, 4) is 0 Å². The Morgan fingerprint density at radius 1 is 1.50 bits per heavy atom. The van der Waals surface area contributed by atoms with E-state index in [1.165, 1.54) is 0 Å². The van der Waals surface area contributed by atoms with Crippen molar-refractivity contribution in [3.63, 3.8) is 0 Å². The average Bonchev–Trinajstić information content (AvgIpc) is 1.84. The highest BCUT2D eigenvalue weighted by atomic mass is 16.3. The predicted octanol–water partition coefficient (Wildman–Crippen LogP) is 0.284. The van der Waals surface area contributed by atoms with Crippen molar-refractivity contribution in [2.75, 3.05) is 26.7 Å². The molecule has 0 bridgehead atoms. The van der Waals surface area contributed by atoms with Gasteiger partial charge in [-0.05, 0) is 25.9 Å². The molecule has 0 aromatic rings. The molecule has 0 heterocycles. The van der Waals surface area contributed by atoms with E-state index < -0.39 is 0 Å². The highest BCUT2D eigenvalue weighted by molar-refractivity contribution is 4.73. The number of aliphatic hydroxyl groups is 1. The van der Waals surface area contributed by atoms with Crippen LogP contribution in [0.2, 0.25) is 0 Å². The first-order valence-corrected chi connectivity index (χ1v) is 4.44. The number of likely N-dealkylation sites (N-methyl/N-ethyl adjacent to an activating group) is 1. The Bertz CT molecular complexity index is 124. The summed E-state index contributed by atoms with van der Waals surface area (Å²) < 4.78 is 0. The lowest BCUT2D eigenvalue weighted by Gasteiger charge is -2.29. The van der Waals surface area contributed by atoms with Crippen LogP contribution >= 0.6 is 0 Å². The molecule has 0 radical (unpaired) electrons. The summed E-state index contributed by atoms with van der Waals surface area (Å²) >= 11 is 0. The van der Waals surface area contributed by atoms with Crippen molar-refractivity contribution < 1.29 is 5.11 Å². The Kier molecular flexibility index (Phi) is 4.75. The molecule has 3 heteroatoms. The number of hydrogen-bond donors (Lipinski definition) is 2. The standard InChI is InChI=1S/C9H22N2O/c1-8(12)5-11(4)7-9(2,3)6-10/h8,12H,5-7,10H2,1-4H3/t8-/m0/s1. The van der Waals surface area contributed by atoms with Crippen LogP contribution in [0.25, 0.3) is 0 Å². The van der Waals surface area contributed by atoms with Crippen LogP contribution in [0.5, 0.6) is 0 Å². The van der Waals surface area contributed by atoms with Crippen molar-refractivity contribution in [2.24, 2.45) is 11.1 Å². The Morgan fingerprint density at radius 3 is 2.33 bits per heavy atom. The Balaban J connectivity index is 3.75. The largest absolute Gasteiger partial charge is 0.392 e. The van der Waals surface area contributed by atoms with Crippen LogP contribution in [0.15, 0.2) is 0 Å². The SMILES string of the molecule is C[C@H](O)CN(C)CC(C)(C)CN. The summed E-state index contributed by atoms with van der Waals surface area (Å²) in [4.78, 5) is 2.11. The molecular weight excluding hydrogens is 152 g/mol. The van der Waals surface area contributed by atoms with Gasteiger partial charge in [0.1, 0.15) is 0 Å². The molecule has 12 heavy (non-hydrogen) atoms. The highest BCUT2D eigenvalue weighted by Crippen LogP contribution is 2.13. The molecule has 0 aliphatic rings. The summed E-state index contributed by atoms with van der Waals surface area (Å²) in [5.41, 5.74) is 5.74. The molecular formula is C9H22N2O. The molecule has 0 unspecified atom stereocenters. The molecule has 0 amide bonds. The minimum atomic E-state index is -0.261. The maximum absolute atomic E-state index is 9.12. The van der Waals surface area contributed by atoms with Gasteiger partial charge in [0.25, 0.3) is 0 Å². The van der Waals surface area contributed by atoms with E-state index in [0.29, 0.717) is 13.1 Å². The van der Waals surface area contributed by atoms with Gasteiger partial charge < -0.3 is 15.7 Å². The third kappa shape index (κ3) is 5.52. The fraction of sp³-hybridized carbons (Fsp3) is 1.00. The van der Waals surface area contributed by atoms with E-state index in [0.717, 1.165) is 6.54 Å². The molecule has 3 N–H and O–H groups in total. The molecule has 0 saturated carbocycles. The van der Waals surface area contributed by atoms with Crippen LogP contribution in [0, 0.1) is 5.41 Å². The van der Waals surface area contributed by atoms with Gasteiger partial charge >= 0.3 is 0 Å². The maximum atomic E-state index is 9.12. The number of nitrogens with zero attached hydrogens (tertiary/aromatic N) is 1. The van der Waals surface area contributed by atoms with Crippen molar-refractivity contribution in [1.82, 2.24) is 4.90 Å². The van der Waals surface area contributed by atoms with Gasteiger partial charge in [0.15, 0.2) is 0 Å². The Hall–Kier alpha value is -0.120. The molecule has 0 aliphatic heterocycles. The summed E-state index contributed by atoms with van der Waals surface area (Å²) in [5.74, 6) is 0. The Morgan fingerprint density at radius 2 is 2.00 bits per heavy atom. The quantitative estimate of drug-likeness (QED) is 0.629. The van der Waals surface area contributed by atoms with Gasteiger partial charge in [0.05, 0.1) is 6.10 Å². The van der Waals surface area contributed by atoms with Crippen LogP contribution < -0.4 is 5.73 Å². The second kappa shape index (κ2) is 4.80. The van der Waals surface area contributed by atoms with Crippen molar-refractivity contribution >= 4 is 0 Å². The van der Waals surface area contributed by atoms with E-state index in [-0.39, 0.29) is 11.5 Å². The third-order valence-electron chi connectivity index (χ3n) is 1.83. The smallest absolute Gasteiger partial charge is 0.0638 e. The topological polar surface area (TPSA) is 49.5 Å². The predicted molar refractivity (Wildman–Crippen MR) is 52.0 cm³/mol. The van der Waals surface area contributed by atoms with Crippen LogP contribution in [-0.2, 0) is 0 Å². The molecule has 3 nitrogen and oxygen atoms in total. The summed E-state index contributed by atoms with van der Waals surface area (Å²) in [6, 6.07) is 0. The lowest BCUT2D eigenvalue weighted by atomic mass is 9.93. The number of hydrogen-bond acceptors (Lipinski definition) is 3. The minimum absolute atomic E-state index is 0.143. The average molecular weight is 174 g/mol. The molecule has 0 aliphatic carbocycles. The van der Waals surface area contributed by atoms with E-state index in [9.17, 15) is 0 Å². The second-order valence-corrected chi connectivity index (χ2v) is 4.41. The first-order valence-electron chi connectivity index (χ1n) is 4.44. The second-order valence-electron chi connectivity index (χ2n) is 4.41. The molecule has 1 atom stereocenters. The molecule has 0 aromatic carbocycles. The zero-order valence-electron chi connectivity index (χ0n) is 8.67. The zero-order chi connectivity index (χ0) is 9.78. The normalized spacial score (nSPS) is 15.2. The van der Waals surface area contributed by atoms with E-state index >= 15 is 0 Å². The monoisotopic (exact) mass is 174 g/mol. The molecule has 0 saturated heterocycles. The molecule has 0 spiro atoms. The van der Waals surface area contributed by atoms with E-state index in [1.54, 1.807) is 6.92 Å². The molecule has 0 aromatic heterocycles. The van der Waals surface area contributed by atoms with Gasteiger partial charge in [-0.25, -0.2) is 0 Å². The lowest BCUT2D eigenvalue weighted by molar-refractivity contribution is 0.118. The number of aliphatic hydroxyl groups excluding tert-OH is 1. The number of rotatable bonds is 5. The lowest BCUT2D eigenvalue weighted by Crippen LogP contribution is -2.39. The summed E-state index contributed by atoms with van der Waals surface area (Å²) in [7, 11) is 2.00. The Labute approximate surface area is 75.6 Å². The third-order valence-corrected chi connectivity index (χ3v) is 1.83. The molecule has 0 fully saturated rings. The van der Waals surface area contributed by atoms with Crippen LogP contribution in [0.3, 0.4) is 0 Å². The summed E-state index contributed by atoms with van der Waals surface area (Å²) in [6.07, 6.45) is -0.261. The van der Waals surface area contributed by atoms with E-state index in [4.69, 9.17) is 10.8 Å². The van der Waals surface area contributed by atoms with Gasteiger partial charge in [0.2, 0.25) is 0 Å². The fourth-order valence-corrected chi connectivity index (χ4v) is 1.31. The van der Waals surface area contributed by atoms with Gasteiger partial charge in [-0.15, -0.1) is 0 Å². The van der Waals surface area contributed by atoms with E-state index in [1.807, 2.05) is 7.05 Å². The minimum Gasteiger partial charge on any atom is -0.392 e. The number of nitrogens with two attached hydrogens (primary N) is 1. The van der Waals surface area contributed by atoms with Crippen LogP contribution in [0.4, 0.5) is 0 Å². The summed E-state index contributed by atoms with van der Waals surface area (Å²) in [6.45, 7) is 8.37. The zero-order valence-corrected chi connectivity index (χ0v) is 8.67. The van der Waals surface area contributed by atoms with Gasteiger partial charge in [-0.1, -0.05) is 13.8 Å². The van der Waals surface area contributed by atoms with Crippen molar-refractivity contribution in [3.05, 3.63) is 0 Å². The maximum Gasteiger partial charge on any atom is 0.0638 e.